The third-order valence-corrected chi connectivity index (χ3v) is 3.83. The normalized spacial score (nSPS) is 11.2. The molecule has 0 aliphatic heterocycles. The van der Waals surface area contributed by atoms with Gasteiger partial charge in [-0.1, -0.05) is 6.92 Å². The average Bonchev–Trinajstić information content (AvgIpc) is 3.06. The lowest BCUT2D eigenvalue weighted by molar-refractivity contribution is 0.222. The van der Waals surface area contributed by atoms with Crippen molar-refractivity contribution in [2.45, 2.75) is 47.1 Å². The number of phenolic OH excluding ortho intramolecular Hbond substituents is 1. The quantitative estimate of drug-likeness (QED) is 0.743. The van der Waals surface area contributed by atoms with E-state index in [2.05, 4.69) is 20.2 Å². The first kappa shape index (κ1) is 17.8. The number of nitrogens with zero attached hydrogens (tertiary/aromatic N) is 4. The second-order valence-corrected chi connectivity index (χ2v) is 6.41. The van der Waals surface area contributed by atoms with Gasteiger partial charge in [-0.15, -0.1) is 10.2 Å². The summed E-state index contributed by atoms with van der Waals surface area (Å²) in [5, 5.41) is 18.3. The highest BCUT2D eigenvalue weighted by molar-refractivity contribution is 5.61. The maximum absolute atomic E-state index is 10.1. The van der Waals surface area contributed by atoms with Gasteiger partial charge in [0.05, 0.1) is 6.10 Å². The Morgan fingerprint density at radius 3 is 2.50 bits per heavy atom. The maximum Gasteiger partial charge on any atom is 0.317 e. The smallest absolute Gasteiger partial charge is 0.317 e. The van der Waals surface area contributed by atoms with Gasteiger partial charge in [-0.25, -0.2) is 4.98 Å². The van der Waals surface area contributed by atoms with Gasteiger partial charge in [0.25, 0.3) is 5.89 Å². The Labute approximate surface area is 152 Å². The summed E-state index contributed by atoms with van der Waals surface area (Å²) in [4.78, 5) is 8.60. The van der Waals surface area contributed by atoms with Gasteiger partial charge < -0.3 is 14.3 Å². The summed E-state index contributed by atoms with van der Waals surface area (Å²) in [7, 11) is 0. The lowest BCUT2D eigenvalue weighted by Gasteiger charge is -2.08. The third kappa shape index (κ3) is 3.66. The van der Waals surface area contributed by atoms with E-state index in [1.54, 1.807) is 6.07 Å². The molecule has 2 aromatic heterocycles. The number of aromatic nitrogens is 4. The van der Waals surface area contributed by atoms with Crippen LogP contribution in [0.2, 0.25) is 0 Å². The van der Waals surface area contributed by atoms with Crippen molar-refractivity contribution < 1.29 is 14.3 Å². The minimum absolute atomic E-state index is 0.0321. The van der Waals surface area contributed by atoms with E-state index >= 15 is 0 Å². The molecule has 7 nitrogen and oxygen atoms in total. The lowest BCUT2D eigenvalue weighted by Crippen LogP contribution is -2.09. The molecular weight excluding hydrogens is 332 g/mol. The zero-order valence-electron chi connectivity index (χ0n) is 15.6. The molecule has 7 heteroatoms. The van der Waals surface area contributed by atoms with Gasteiger partial charge in [0.2, 0.25) is 5.89 Å². The summed E-state index contributed by atoms with van der Waals surface area (Å²) in [5.41, 5.74) is 3.63. The number of ether oxygens (including phenoxy) is 1. The monoisotopic (exact) mass is 354 g/mol. The van der Waals surface area contributed by atoms with Crippen molar-refractivity contribution >= 4 is 0 Å². The standard InChI is InChI=1S/C19H22N4O3/c1-6-13-9-14(7-11(4)16(13)24)17-22-23-18(26-17)15-8-12(5)20-19(21-15)25-10(2)3/h7-10,24H,6H2,1-5H3. The molecule has 26 heavy (non-hydrogen) atoms. The summed E-state index contributed by atoms with van der Waals surface area (Å²) in [5.74, 6) is 0.973. The van der Waals surface area contributed by atoms with Crippen LogP contribution in [0.5, 0.6) is 11.8 Å². The van der Waals surface area contributed by atoms with E-state index in [1.807, 2.05) is 46.8 Å². The Kier molecular flexibility index (Phi) is 4.88. The van der Waals surface area contributed by atoms with Crippen LogP contribution in [0.15, 0.2) is 22.6 Å². The van der Waals surface area contributed by atoms with E-state index < -0.39 is 0 Å². The molecule has 0 aliphatic rings. The Bertz CT molecular complexity index is 935. The van der Waals surface area contributed by atoms with Crippen LogP contribution in [0.3, 0.4) is 0 Å². The van der Waals surface area contributed by atoms with Crippen LogP contribution in [0.1, 0.15) is 37.6 Å². The van der Waals surface area contributed by atoms with Crippen LogP contribution in [0.4, 0.5) is 0 Å². The minimum atomic E-state index is -0.0321. The van der Waals surface area contributed by atoms with Gasteiger partial charge >= 0.3 is 6.01 Å². The van der Waals surface area contributed by atoms with Crippen molar-refractivity contribution in [2.75, 3.05) is 0 Å². The van der Waals surface area contributed by atoms with Crippen LogP contribution in [-0.4, -0.2) is 31.4 Å². The van der Waals surface area contributed by atoms with Crippen molar-refractivity contribution in [3.8, 4) is 34.8 Å². The SMILES string of the molecule is CCc1cc(-c2nnc(-c3cc(C)nc(OC(C)C)n3)o2)cc(C)c1O. The molecule has 1 N–H and O–H groups in total. The van der Waals surface area contributed by atoms with E-state index in [-0.39, 0.29) is 12.1 Å². The number of aromatic hydroxyl groups is 1. The zero-order chi connectivity index (χ0) is 18.8. The fourth-order valence-corrected chi connectivity index (χ4v) is 2.60. The first-order valence-electron chi connectivity index (χ1n) is 8.56. The van der Waals surface area contributed by atoms with Crippen LogP contribution in [0, 0.1) is 13.8 Å². The third-order valence-electron chi connectivity index (χ3n) is 3.83. The van der Waals surface area contributed by atoms with Crippen LogP contribution >= 0.6 is 0 Å². The topological polar surface area (TPSA) is 94.2 Å². The summed E-state index contributed by atoms with van der Waals surface area (Å²) < 4.78 is 11.4. The van der Waals surface area contributed by atoms with Crippen LogP contribution < -0.4 is 4.74 Å². The molecule has 0 amide bonds. The number of hydrogen-bond donors (Lipinski definition) is 1. The van der Waals surface area contributed by atoms with E-state index in [4.69, 9.17) is 9.15 Å². The van der Waals surface area contributed by atoms with Gasteiger partial charge in [0, 0.05) is 11.3 Å². The molecule has 0 unspecified atom stereocenters. The molecule has 3 rings (SSSR count). The molecular formula is C19H22N4O3. The molecule has 136 valence electrons. The Balaban J connectivity index is 1.98. The molecule has 0 radical (unpaired) electrons. The molecule has 1 aromatic carbocycles. The number of aryl methyl sites for hydroxylation is 3. The Hall–Kier alpha value is -2.96. The first-order chi connectivity index (χ1) is 12.4. The highest BCUT2D eigenvalue weighted by atomic mass is 16.5. The van der Waals surface area contributed by atoms with Crippen molar-refractivity contribution in [3.05, 3.63) is 35.0 Å². The fourth-order valence-electron chi connectivity index (χ4n) is 2.60. The molecule has 2 heterocycles. The molecule has 0 saturated heterocycles. The Morgan fingerprint density at radius 1 is 1.08 bits per heavy atom. The highest BCUT2D eigenvalue weighted by Crippen LogP contribution is 2.31. The van der Waals surface area contributed by atoms with Gasteiger partial charge in [-0.05, 0) is 63.4 Å². The van der Waals surface area contributed by atoms with Crippen molar-refractivity contribution in [3.63, 3.8) is 0 Å². The highest BCUT2D eigenvalue weighted by Gasteiger charge is 2.16. The summed E-state index contributed by atoms with van der Waals surface area (Å²) in [6.45, 7) is 9.51. The summed E-state index contributed by atoms with van der Waals surface area (Å²) >= 11 is 0. The largest absolute Gasteiger partial charge is 0.507 e. The molecule has 0 aliphatic carbocycles. The molecule has 0 bridgehead atoms. The number of phenols is 1. The molecule has 0 fully saturated rings. The van der Waals surface area contributed by atoms with Crippen LogP contribution in [0.25, 0.3) is 23.0 Å². The zero-order valence-corrected chi connectivity index (χ0v) is 15.6. The van der Waals surface area contributed by atoms with Crippen LogP contribution in [-0.2, 0) is 6.42 Å². The van der Waals surface area contributed by atoms with Crippen molar-refractivity contribution in [1.29, 1.82) is 0 Å². The van der Waals surface area contributed by atoms with Gasteiger partial charge in [-0.2, -0.15) is 4.98 Å². The second-order valence-electron chi connectivity index (χ2n) is 6.41. The second kappa shape index (κ2) is 7.11. The molecule has 3 aromatic rings. The van der Waals surface area contributed by atoms with Crippen molar-refractivity contribution in [2.24, 2.45) is 0 Å². The Morgan fingerprint density at radius 2 is 1.81 bits per heavy atom. The lowest BCUT2D eigenvalue weighted by atomic mass is 10.0. The predicted octanol–water partition coefficient (Wildman–Crippen LogP) is 3.87. The molecule has 0 spiro atoms. The molecule has 0 saturated carbocycles. The fraction of sp³-hybridized carbons (Fsp3) is 0.368. The minimum Gasteiger partial charge on any atom is -0.507 e. The molecule has 0 atom stereocenters. The predicted molar refractivity (Wildman–Crippen MR) is 97.0 cm³/mol. The van der Waals surface area contributed by atoms with E-state index in [9.17, 15) is 5.11 Å². The van der Waals surface area contributed by atoms with Gasteiger partial charge in [0.1, 0.15) is 11.4 Å². The van der Waals surface area contributed by atoms with E-state index in [0.717, 1.165) is 22.4 Å². The van der Waals surface area contributed by atoms with E-state index in [1.165, 1.54) is 0 Å². The van der Waals surface area contributed by atoms with Gasteiger partial charge in [0.15, 0.2) is 0 Å². The number of rotatable bonds is 5. The summed E-state index contributed by atoms with van der Waals surface area (Å²) in [6, 6.07) is 5.73. The first-order valence-corrected chi connectivity index (χ1v) is 8.56. The van der Waals surface area contributed by atoms with Gasteiger partial charge in [-0.3, -0.25) is 0 Å². The van der Waals surface area contributed by atoms with Crippen molar-refractivity contribution in [1.82, 2.24) is 20.2 Å². The summed E-state index contributed by atoms with van der Waals surface area (Å²) in [6.07, 6.45) is 0.679. The van der Waals surface area contributed by atoms with E-state index in [0.29, 0.717) is 29.6 Å². The number of hydrogen-bond acceptors (Lipinski definition) is 7. The maximum atomic E-state index is 10.1. The number of benzene rings is 1. The average molecular weight is 354 g/mol.